The predicted octanol–water partition coefficient (Wildman–Crippen LogP) is 3.70. The molecule has 1 aliphatic rings. The molecule has 2 heteroatoms. The largest absolute Gasteiger partial charge is 0.378 e. The van der Waals surface area contributed by atoms with Crippen LogP contribution in [0.15, 0.2) is 0 Å². The molecule has 0 amide bonds. The Morgan fingerprint density at radius 2 is 1.82 bits per heavy atom. The normalized spacial score (nSPS) is 38.3. The van der Waals surface area contributed by atoms with Gasteiger partial charge in [0.2, 0.25) is 0 Å². The van der Waals surface area contributed by atoms with Gasteiger partial charge in [0.25, 0.3) is 0 Å². The molecule has 17 heavy (non-hydrogen) atoms. The van der Waals surface area contributed by atoms with Gasteiger partial charge in [-0.3, -0.25) is 4.90 Å². The molecule has 1 heterocycles. The summed E-state index contributed by atoms with van der Waals surface area (Å²) in [6.07, 6.45) is 3.84. The van der Waals surface area contributed by atoms with Crippen LogP contribution >= 0.6 is 0 Å². The highest BCUT2D eigenvalue weighted by atomic mass is 16.5. The van der Waals surface area contributed by atoms with Crippen LogP contribution in [-0.4, -0.2) is 35.7 Å². The number of hydrogen-bond acceptors (Lipinski definition) is 2. The fraction of sp³-hybridized carbons (Fsp3) is 1.00. The molecular weight excluding hydrogens is 210 g/mol. The third-order valence-electron chi connectivity index (χ3n) is 5.17. The summed E-state index contributed by atoms with van der Waals surface area (Å²) in [4.78, 5) is 2.57. The van der Waals surface area contributed by atoms with Crippen molar-refractivity contribution >= 4 is 0 Å². The quantitative estimate of drug-likeness (QED) is 0.744. The Kier molecular flexibility index (Phi) is 4.65. The maximum atomic E-state index is 6.10. The molecule has 1 rings (SSSR count). The summed E-state index contributed by atoms with van der Waals surface area (Å²) in [5, 5.41) is 0. The van der Waals surface area contributed by atoms with E-state index in [1.807, 2.05) is 0 Å². The molecule has 1 saturated heterocycles. The summed E-state index contributed by atoms with van der Waals surface area (Å²) in [7, 11) is 2.27. The molecule has 3 unspecified atom stereocenters. The van der Waals surface area contributed by atoms with Crippen LogP contribution < -0.4 is 0 Å². The maximum Gasteiger partial charge on any atom is 0.0635 e. The van der Waals surface area contributed by atoms with E-state index in [1.54, 1.807) is 0 Å². The third-order valence-corrected chi connectivity index (χ3v) is 5.17. The number of likely N-dealkylation sites (tertiary alicyclic amines) is 1. The van der Waals surface area contributed by atoms with Crippen molar-refractivity contribution in [1.29, 1.82) is 0 Å². The molecule has 0 aromatic rings. The van der Waals surface area contributed by atoms with Crippen molar-refractivity contribution in [3.63, 3.8) is 0 Å². The Labute approximate surface area is 108 Å². The molecule has 0 aromatic heterocycles. The Hall–Kier alpha value is -0.0800. The van der Waals surface area contributed by atoms with Crippen molar-refractivity contribution in [2.45, 2.75) is 78.0 Å². The van der Waals surface area contributed by atoms with Crippen molar-refractivity contribution in [3.05, 3.63) is 0 Å². The van der Waals surface area contributed by atoms with E-state index in [0.29, 0.717) is 12.0 Å². The first-order chi connectivity index (χ1) is 7.79. The Bertz CT molecular complexity index is 251. The second-order valence-electron chi connectivity index (χ2n) is 6.48. The van der Waals surface area contributed by atoms with Crippen LogP contribution in [0, 0.1) is 5.92 Å². The van der Waals surface area contributed by atoms with Gasteiger partial charge in [-0.15, -0.1) is 0 Å². The zero-order valence-electron chi connectivity index (χ0n) is 12.8. The van der Waals surface area contributed by atoms with Gasteiger partial charge in [0.1, 0.15) is 0 Å². The molecule has 3 atom stereocenters. The number of ether oxygens (including phenoxy) is 1. The number of nitrogens with zero attached hydrogens (tertiary/aromatic N) is 1. The summed E-state index contributed by atoms with van der Waals surface area (Å²) in [6.45, 7) is 14.8. The molecule has 0 spiro atoms. The lowest BCUT2D eigenvalue weighted by Crippen LogP contribution is -2.65. The molecular formula is C15H31NO. The van der Waals surface area contributed by atoms with E-state index in [4.69, 9.17) is 4.74 Å². The molecule has 0 aliphatic carbocycles. The summed E-state index contributed by atoms with van der Waals surface area (Å²) in [5.41, 5.74) is 0.482. The zero-order chi connectivity index (χ0) is 13.3. The SMILES string of the molecule is CCCOC1CC(C)(C)N(C)C(C)(CC)C1C. The summed E-state index contributed by atoms with van der Waals surface area (Å²) in [6, 6.07) is 0. The van der Waals surface area contributed by atoms with Crippen molar-refractivity contribution < 1.29 is 4.74 Å². The van der Waals surface area contributed by atoms with Crippen LogP contribution in [0.25, 0.3) is 0 Å². The Morgan fingerprint density at radius 1 is 1.24 bits per heavy atom. The fourth-order valence-corrected chi connectivity index (χ4v) is 3.24. The summed E-state index contributed by atoms with van der Waals surface area (Å²) in [5.74, 6) is 0.595. The molecule has 0 N–H and O–H groups in total. The van der Waals surface area contributed by atoms with Gasteiger partial charge in [-0.1, -0.05) is 20.8 Å². The molecule has 1 aliphatic heterocycles. The lowest BCUT2D eigenvalue weighted by molar-refractivity contribution is -0.137. The molecule has 0 aromatic carbocycles. The van der Waals surface area contributed by atoms with Crippen LogP contribution in [0.3, 0.4) is 0 Å². The van der Waals surface area contributed by atoms with E-state index in [-0.39, 0.29) is 11.1 Å². The Balaban J connectivity index is 2.91. The van der Waals surface area contributed by atoms with Crippen LogP contribution in [0.5, 0.6) is 0 Å². The predicted molar refractivity (Wildman–Crippen MR) is 74.4 cm³/mol. The standard InChI is InChI=1S/C15H31NO/c1-8-10-17-13-11-14(4,5)16(7)15(6,9-2)12(13)3/h12-13H,8-11H2,1-7H3. The van der Waals surface area contributed by atoms with Crippen molar-refractivity contribution in [3.8, 4) is 0 Å². The number of rotatable bonds is 4. The first-order valence-electron chi connectivity index (χ1n) is 7.15. The van der Waals surface area contributed by atoms with E-state index in [0.717, 1.165) is 19.4 Å². The van der Waals surface area contributed by atoms with Crippen LogP contribution in [0.1, 0.15) is 60.8 Å². The van der Waals surface area contributed by atoms with Gasteiger partial charge in [0.05, 0.1) is 6.10 Å². The molecule has 102 valence electrons. The van der Waals surface area contributed by atoms with E-state index < -0.39 is 0 Å². The molecule has 0 bridgehead atoms. The topological polar surface area (TPSA) is 12.5 Å². The first kappa shape index (κ1) is 15.0. The van der Waals surface area contributed by atoms with Crippen LogP contribution in [0.4, 0.5) is 0 Å². The van der Waals surface area contributed by atoms with E-state index >= 15 is 0 Å². The molecule has 0 saturated carbocycles. The minimum Gasteiger partial charge on any atom is -0.378 e. The van der Waals surface area contributed by atoms with E-state index in [9.17, 15) is 0 Å². The van der Waals surface area contributed by atoms with Gasteiger partial charge < -0.3 is 4.74 Å². The highest BCUT2D eigenvalue weighted by Crippen LogP contribution is 2.43. The van der Waals surface area contributed by atoms with Gasteiger partial charge in [0, 0.05) is 23.6 Å². The third kappa shape index (κ3) is 2.68. The lowest BCUT2D eigenvalue weighted by Gasteiger charge is -2.58. The molecule has 2 nitrogen and oxygen atoms in total. The maximum absolute atomic E-state index is 6.10. The second kappa shape index (κ2) is 5.27. The summed E-state index contributed by atoms with van der Waals surface area (Å²) >= 11 is 0. The van der Waals surface area contributed by atoms with E-state index in [2.05, 4.69) is 53.5 Å². The van der Waals surface area contributed by atoms with E-state index in [1.165, 1.54) is 6.42 Å². The van der Waals surface area contributed by atoms with Gasteiger partial charge in [-0.2, -0.15) is 0 Å². The van der Waals surface area contributed by atoms with Gasteiger partial charge in [-0.05, 0) is 47.1 Å². The highest BCUT2D eigenvalue weighted by Gasteiger charge is 2.49. The number of hydrogen-bond donors (Lipinski definition) is 0. The van der Waals surface area contributed by atoms with Gasteiger partial charge in [-0.25, -0.2) is 0 Å². The van der Waals surface area contributed by atoms with Crippen molar-refractivity contribution in [2.24, 2.45) is 5.92 Å². The highest BCUT2D eigenvalue weighted by molar-refractivity contribution is 5.04. The molecule has 0 radical (unpaired) electrons. The minimum absolute atomic E-state index is 0.232. The van der Waals surface area contributed by atoms with Crippen molar-refractivity contribution in [2.75, 3.05) is 13.7 Å². The average molecular weight is 241 g/mol. The minimum atomic E-state index is 0.232. The second-order valence-corrected chi connectivity index (χ2v) is 6.48. The lowest BCUT2D eigenvalue weighted by atomic mass is 9.69. The van der Waals surface area contributed by atoms with Crippen LogP contribution in [-0.2, 0) is 4.74 Å². The number of piperidine rings is 1. The average Bonchev–Trinajstić information content (AvgIpc) is 2.30. The van der Waals surface area contributed by atoms with Crippen molar-refractivity contribution in [1.82, 2.24) is 4.90 Å². The first-order valence-corrected chi connectivity index (χ1v) is 7.15. The van der Waals surface area contributed by atoms with Gasteiger partial charge in [0.15, 0.2) is 0 Å². The Morgan fingerprint density at radius 3 is 2.29 bits per heavy atom. The smallest absolute Gasteiger partial charge is 0.0635 e. The fourth-order valence-electron chi connectivity index (χ4n) is 3.24. The van der Waals surface area contributed by atoms with Gasteiger partial charge >= 0.3 is 0 Å². The monoisotopic (exact) mass is 241 g/mol. The zero-order valence-corrected chi connectivity index (χ0v) is 12.8. The molecule has 1 fully saturated rings. The van der Waals surface area contributed by atoms with Crippen LogP contribution in [0.2, 0.25) is 0 Å². The summed E-state index contributed by atoms with van der Waals surface area (Å²) < 4.78 is 6.10.